The SMILES string of the molecule is Nc1cccc2sc(O)cc12. The third-order valence-electron chi connectivity index (χ3n) is 1.58. The molecule has 56 valence electrons. The first-order valence-corrected chi connectivity index (χ1v) is 4.06. The van der Waals surface area contributed by atoms with Gasteiger partial charge in [-0.05, 0) is 12.1 Å². The van der Waals surface area contributed by atoms with Crippen LogP contribution in [0.3, 0.4) is 0 Å². The van der Waals surface area contributed by atoms with E-state index >= 15 is 0 Å². The lowest BCUT2D eigenvalue weighted by molar-refractivity contribution is 0.491. The van der Waals surface area contributed by atoms with Crippen LogP contribution >= 0.6 is 11.3 Å². The Balaban J connectivity index is 2.90. The summed E-state index contributed by atoms with van der Waals surface area (Å²) in [7, 11) is 0. The minimum absolute atomic E-state index is 0.318. The van der Waals surface area contributed by atoms with Crippen molar-refractivity contribution in [1.82, 2.24) is 0 Å². The maximum Gasteiger partial charge on any atom is 0.172 e. The van der Waals surface area contributed by atoms with Crippen LogP contribution in [-0.4, -0.2) is 5.11 Å². The molecule has 0 radical (unpaired) electrons. The molecule has 0 unspecified atom stereocenters. The Labute approximate surface area is 67.9 Å². The van der Waals surface area contributed by atoms with Crippen LogP contribution in [0.1, 0.15) is 0 Å². The minimum Gasteiger partial charge on any atom is -0.499 e. The van der Waals surface area contributed by atoms with E-state index in [9.17, 15) is 0 Å². The molecule has 0 aliphatic heterocycles. The maximum atomic E-state index is 9.14. The molecule has 2 aromatic rings. The highest BCUT2D eigenvalue weighted by Crippen LogP contribution is 2.33. The zero-order valence-electron chi connectivity index (χ0n) is 5.74. The number of benzene rings is 1. The highest BCUT2D eigenvalue weighted by Gasteiger charge is 2.01. The van der Waals surface area contributed by atoms with Crippen molar-refractivity contribution in [3.63, 3.8) is 0 Å². The van der Waals surface area contributed by atoms with E-state index in [1.165, 1.54) is 11.3 Å². The van der Waals surface area contributed by atoms with Crippen molar-refractivity contribution in [2.75, 3.05) is 5.73 Å². The zero-order valence-corrected chi connectivity index (χ0v) is 6.56. The summed E-state index contributed by atoms with van der Waals surface area (Å²) in [6.07, 6.45) is 0. The molecular formula is C8H7NOS. The monoisotopic (exact) mass is 165 g/mol. The second-order valence-corrected chi connectivity index (χ2v) is 3.41. The number of anilines is 1. The number of rotatable bonds is 0. The van der Waals surface area contributed by atoms with Crippen molar-refractivity contribution in [2.45, 2.75) is 0 Å². The third-order valence-corrected chi connectivity index (χ3v) is 2.49. The first kappa shape index (κ1) is 6.49. The summed E-state index contributed by atoms with van der Waals surface area (Å²) in [4.78, 5) is 0. The van der Waals surface area contributed by atoms with E-state index < -0.39 is 0 Å². The van der Waals surface area contributed by atoms with Crippen molar-refractivity contribution in [2.24, 2.45) is 0 Å². The molecule has 3 heteroatoms. The predicted molar refractivity (Wildman–Crippen MR) is 47.9 cm³/mol. The van der Waals surface area contributed by atoms with Crippen molar-refractivity contribution in [3.05, 3.63) is 24.3 Å². The number of aromatic hydroxyl groups is 1. The topological polar surface area (TPSA) is 46.2 Å². The summed E-state index contributed by atoms with van der Waals surface area (Å²) in [6, 6.07) is 7.34. The van der Waals surface area contributed by atoms with E-state index in [4.69, 9.17) is 10.8 Å². The molecule has 2 nitrogen and oxygen atoms in total. The van der Waals surface area contributed by atoms with Crippen molar-refractivity contribution in [1.29, 1.82) is 0 Å². The van der Waals surface area contributed by atoms with Gasteiger partial charge in [0.2, 0.25) is 0 Å². The largest absolute Gasteiger partial charge is 0.499 e. The first-order valence-electron chi connectivity index (χ1n) is 3.24. The van der Waals surface area contributed by atoms with Crippen LogP contribution in [0.25, 0.3) is 10.1 Å². The summed E-state index contributed by atoms with van der Waals surface area (Å²) in [5, 5.41) is 10.4. The summed E-state index contributed by atoms with van der Waals surface area (Å²) in [5.41, 5.74) is 6.39. The van der Waals surface area contributed by atoms with Gasteiger partial charge in [0.05, 0.1) is 0 Å². The zero-order chi connectivity index (χ0) is 7.84. The lowest BCUT2D eigenvalue weighted by Crippen LogP contribution is -1.82. The molecule has 0 bridgehead atoms. The van der Waals surface area contributed by atoms with Crippen molar-refractivity contribution < 1.29 is 5.11 Å². The van der Waals surface area contributed by atoms with E-state index in [0.717, 1.165) is 15.8 Å². The van der Waals surface area contributed by atoms with Gasteiger partial charge in [-0.2, -0.15) is 0 Å². The summed E-state index contributed by atoms with van der Waals surface area (Å²) < 4.78 is 1.03. The van der Waals surface area contributed by atoms with Crippen LogP contribution < -0.4 is 5.73 Å². The summed E-state index contributed by atoms with van der Waals surface area (Å²) in [5.74, 6) is 0. The van der Waals surface area contributed by atoms with Crippen LogP contribution in [-0.2, 0) is 0 Å². The molecule has 3 N–H and O–H groups in total. The molecule has 0 aliphatic carbocycles. The fraction of sp³-hybridized carbons (Fsp3) is 0. The molecule has 0 spiro atoms. The number of nitrogen functional groups attached to an aromatic ring is 1. The number of hydrogen-bond acceptors (Lipinski definition) is 3. The van der Waals surface area contributed by atoms with E-state index in [-0.39, 0.29) is 0 Å². The molecule has 1 aromatic carbocycles. The Morgan fingerprint density at radius 1 is 1.36 bits per heavy atom. The molecule has 1 aromatic heterocycles. The Morgan fingerprint density at radius 2 is 2.18 bits per heavy atom. The molecular weight excluding hydrogens is 158 g/mol. The van der Waals surface area contributed by atoms with Gasteiger partial charge >= 0.3 is 0 Å². The fourth-order valence-corrected chi connectivity index (χ4v) is 1.91. The molecule has 11 heavy (non-hydrogen) atoms. The number of thiophene rings is 1. The average Bonchev–Trinajstić information content (AvgIpc) is 2.31. The smallest absolute Gasteiger partial charge is 0.172 e. The van der Waals surface area contributed by atoms with Crippen molar-refractivity contribution >= 4 is 27.1 Å². The van der Waals surface area contributed by atoms with E-state index in [0.29, 0.717) is 5.06 Å². The molecule has 0 saturated heterocycles. The lowest BCUT2D eigenvalue weighted by Gasteiger charge is -1.91. The van der Waals surface area contributed by atoms with Crippen LogP contribution in [0.4, 0.5) is 5.69 Å². The first-order chi connectivity index (χ1) is 5.27. The lowest BCUT2D eigenvalue weighted by atomic mass is 10.2. The van der Waals surface area contributed by atoms with Gasteiger partial charge in [-0.25, -0.2) is 0 Å². The van der Waals surface area contributed by atoms with E-state index in [2.05, 4.69) is 0 Å². The standard InChI is InChI=1S/C8H7NOS/c9-6-2-1-3-7-5(6)4-8(10)11-7/h1-4,10H,9H2. The Kier molecular flexibility index (Phi) is 1.26. The van der Waals surface area contributed by atoms with Gasteiger partial charge in [-0.3, -0.25) is 0 Å². The van der Waals surface area contributed by atoms with E-state index in [1.54, 1.807) is 6.07 Å². The highest BCUT2D eigenvalue weighted by atomic mass is 32.1. The average molecular weight is 165 g/mol. The predicted octanol–water partition coefficient (Wildman–Crippen LogP) is 2.19. The van der Waals surface area contributed by atoms with Crippen LogP contribution in [0.5, 0.6) is 5.06 Å². The second kappa shape index (κ2) is 2.13. The van der Waals surface area contributed by atoms with Gasteiger partial charge in [-0.15, -0.1) is 0 Å². The molecule has 0 aliphatic rings. The molecule has 0 fully saturated rings. The van der Waals surface area contributed by atoms with Gasteiger partial charge in [0.15, 0.2) is 5.06 Å². The third kappa shape index (κ3) is 0.935. The van der Waals surface area contributed by atoms with Crippen molar-refractivity contribution in [3.8, 4) is 5.06 Å². The van der Waals surface area contributed by atoms with Crippen LogP contribution in [0, 0.1) is 0 Å². The van der Waals surface area contributed by atoms with Gasteiger partial charge in [-0.1, -0.05) is 17.4 Å². The number of hydrogen-bond donors (Lipinski definition) is 2. The Morgan fingerprint density at radius 3 is 2.91 bits per heavy atom. The quantitative estimate of drug-likeness (QED) is 0.588. The highest BCUT2D eigenvalue weighted by molar-refractivity contribution is 7.20. The fourth-order valence-electron chi connectivity index (χ4n) is 1.07. The Hall–Kier alpha value is -1.22. The van der Waals surface area contributed by atoms with E-state index in [1.807, 2.05) is 18.2 Å². The maximum absolute atomic E-state index is 9.14. The van der Waals surface area contributed by atoms with Gasteiger partial charge in [0.25, 0.3) is 0 Å². The number of fused-ring (bicyclic) bond motifs is 1. The van der Waals surface area contributed by atoms with Crippen LogP contribution in [0.15, 0.2) is 24.3 Å². The Bertz CT molecular complexity index is 394. The van der Waals surface area contributed by atoms with Gasteiger partial charge < -0.3 is 10.8 Å². The molecule has 1 heterocycles. The summed E-state index contributed by atoms with van der Waals surface area (Å²) in [6.45, 7) is 0. The van der Waals surface area contributed by atoms with Crippen LogP contribution in [0.2, 0.25) is 0 Å². The molecule has 0 amide bonds. The molecule has 0 saturated carbocycles. The molecule has 2 rings (SSSR count). The normalized spacial score (nSPS) is 10.5. The molecule has 0 atom stereocenters. The number of nitrogens with two attached hydrogens (primary N) is 1. The minimum atomic E-state index is 0.318. The second-order valence-electron chi connectivity index (χ2n) is 2.34. The summed E-state index contributed by atoms with van der Waals surface area (Å²) >= 11 is 1.34. The van der Waals surface area contributed by atoms with Gasteiger partial charge in [0.1, 0.15) is 0 Å². The van der Waals surface area contributed by atoms with Gasteiger partial charge in [0, 0.05) is 21.8 Å².